The molecule has 2 atom stereocenters. The van der Waals surface area contributed by atoms with Crippen LogP contribution in [0.15, 0.2) is 30.3 Å². The molecule has 0 aliphatic rings. The summed E-state index contributed by atoms with van der Waals surface area (Å²) in [5.74, 6) is 2.86. The van der Waals surface area contributed by atoms with Gasteiger partial charge in [-0.3, -0.25) is 0 Å². The molecular weight excluding hydrogens is 198 g/mol. The minimum atomic E-state index is -0.519. The Balaban J connectivity index is 2.75. The van der Waals surface area contributed by atoms with E-state index in [2.05, 4.69) is 25.1 Å². The van der Waals surface area contributed by atoms with Crippen LogP contribution in [0.5, 0.6) is 0 Å². The maximum atomic E-state index is 10.2. The van der Waals surface area contributed by atoms with Crippen molar-refractivity contribution >= 4 is 0 Å². The second-order valence-corrected chi connectivity index (χ2v) is 4.21. The first-order valence-electron chi connectivity index (χ1n) is 5.56. The molecule has 1 aromatic rings. The maximum Gasteiger partial charge on any atom is 0.0945 e. The lowest BCUT2D eigenvalue weighted by Gasteiger charge is -2.27. The summed E-state index contributed by atoms with van der Waals surface area (Å²) in [6.45, 7) is 4.62. The highest BCUT2D eigenvalue weighted by atomic mass is 16.3. The van der Waals surface area contributed by atoms with E-state index in [0.29, 0.717) is 12.5 Å². The SMILES string of the molecule is C#CCN[C@H](C(C)C)[C@H](O)c1ccccc1. The minimum absolute atomic E-state index is 0.0153. The molecule has 86 valence electrons. The lowest BCUT2D eigenvalue weighted by atomic mass is 9.93. The van der Waals surface area contributed by atoms with Crippen LogP contribution in [0.1, 0.15) is 25.5 Å². The molecule has 0 saturated heterocycles. The van der Waals surface area contributed by atoms with E-state index in [0.717, 1.165) is 5.56 Å². The van der Waals surface area contributed by atoms with Gasteiger partial charge in [0.2, 0.25) is 0 Å². The van der Waals surface area contributed by atoms with Crippen LogP contribution in [-0.4, -0.2) is 17.7 Å². The normalized spacial score (nSPS) is 14.4. The van der Waals surface area contributed by atoms with E-state index in [4.69, 9.17) is 6.42 Å². The average Bonchev–Trinajstić information content (AvgIpc) is 2.30. The molecule has 0 bridgehead atoms. The summed E-state index contributed by atoms with van der Waals surface area (Å²) in [6, 6.07) is 9.64. The minimum Gasteiger partial charge on any atom is -0.387 e. The summed E-state index contributed by atoms with van der Waals surface area (Å²) in [5, 5.41) is 13.4. The summed E-state index contributed by atoms with van der Waals surface area (Å²) >= 11 is 0. The van der Waals surface area contributed by atoms with Crippen molar-refractivity contribution in [2.45, 2.75) is 26.0 Å². The summed E-state index contributed by atoms with van der Waals surface area (Å²) in [5.41, 5.74) is 0.922. The molecule has 0 amide bonds. The van der Waals surface area contributed by atoms with Crippen molar-refractivity contribution in [1.29, 1.82) is 0 Å². The van der Waals surface area contributed by atoms with Crippen LogP contribution in [-0.2, 0) is 0 Å². The van der Waals surface area contributed by atoms with E-state index < -0.39 is 6.10 Å². The summed E-state index contributed by atoms with van der Waals surface area (Å²) < 4.78 is 0. The molecular formula is C14H19NO. The molecule has 2 nitrogen and oxygen atoms in total. The highest BCUT2D eigenvalue weighted by Crippen LogP contribution is 2.21. The fourth-order valence-corrected chi connectivity index (χ4v) is 1.75. The second-order valence-electron chi connectivity index (χ2n) is 4.21. The summed E-state index contributed by atoms with van der Waals surface area (Å²) in [6.07, 6.45) is 4.70. The molecule has 0 aliphatic heterocycles. The van der Waals surface area contributed by atoms with Crippen molar-refractivity contribution in [3.63, 3.8) is 0 Å². The van der Waals surface area contributed by atoms with Crippen LogP contribution in [0.2, 0.25) is 0 Å². The average molecular weight is 217 g/mol. The van der Waals surface area contributed by atoms with E-state index in [9.17, 15) is 5.11 Å². The Morgan fingerprint density at radius 3 is 2.44 bits per heavy atom. The summed E-state index contributed by atoms with van der Waals surface area (Å²) in [4.78, 5) is 0. The fourth-order valence-electron chi connectivity index (χ4n) is 1.75. The topological polar surface area (TPSA) is 32.3 Å². The van der Waals surface area contributed by atoms with Crippen LogP contribution in [0, 0.1) is 18.3 Å². The van der Waals surface area contributed by atoms with Gasteiger partial charge in [0, 0.05) is 6.04 Å². The van der Waals surface area contributed by atoms with Gasteiger partial charge in [0.05, 0.1) is 12.6 Å². The van der Waals surface area contributed by atoms with E-state index >= 15 is 0 Å². The standard InChI is InChI=1S/C14H19NO/c1-4-10-15-13(11(2)3)14(16)12-8-6-5-7-9-12/h1,5-9,11,13-16H,10H2,2-3H3/t13-,14-/m1/s1. The number of hydrogen-bond acceptors (Lipinski definition) is 2. The highest BCUT2D eigenvalue weighted by Gasteiger charge is 2.22. The zero-order valence-electron chi connectivity index (χ0n) is 9.85. The van der Waals surface area contributed by atoms with Crippen molar-refractivity contribution in [1.82, 2.24) is 5.32 Å². The molecule has 0 heterocycles. The van der Waals surface area contributed by atoms with E-state index in [-0.39, 0.29) is 6.04 Å². The van der Waals surface area contributed by atoms with Gasteiger partial charge in [-0.1, -0.05) is 50.1 Å². The van der Waals surface area contributed by atoms with Gasteiger partial charge in [0.1, 0.15) is 0 Å². The Hall–Kier alpha value is -1.30. The van der Waals surface area contributed by atoms with Gasteiger partial charge in [-0.2, -0.15) is 0 Å². The first kappa shape index (κ1) is 12.8. The van der Waals surface area contributed by atoms with Gasteiger partial charge >= 0.3 is 0 Å². The van der Waals surface area contributed by atoms with Gasteiger partial charge in [-0.25, -0.2) is 0 Å². The monoisotopic (exact) mass is 217 g/mol. The molecule has 2 N–H and O–H groups in total. The van der Waals surface area contributed by atoms with E-state index in [1.807, 2.05) is 30.3 Å². The van der Waals surface area contributed by atoms with Crippen LogP contribution >= 0.6 is 0 Å². The van der Waals surface area contributed by atoms with Gasteiger partial charge < -0.3 is 10.4 Å². The van der Waals surface area contributed by atoms with Crippen molar-refractivity contribution in [2.75, 3.05) is 6.54 Å². The number of nitrogens with one attached hydrogen (secondary N) is 1. The van der Waals surface area contributed by atoms with Crippen LogP contribution in [0.3, 0.4) is 0 Å². The first-order valence-corrected chi connectivity index (χ1v) is 5.56. The Bertz CT molecular complexity index is 340. The molecule has 2 heteroatoms. The molecule has 0 radical (unpaired) electrons. The third-order valence-electron chi connectivity index (χ3n) is 2.64. The number of terminal acetylenes is 1. The van der Waals surface area contributed by atoms with Crippen molar-refractivity contribution in [3.8, 4) is 12.3 Å². The van der Waals surface area contributed by atoms with Gasteiger partial charge in [-0.15, -0.1) is 6.42 Å². The maximum absolute atomic E-state index is 10.2. The van der Waals surface area contributed by atoms with Crippen molar-refractivity contribution < 1.29 is 5.11 Å². The zero-order chi connectivity index (χ0) is 12.0. The number of benzene rings is 1. The quantitative estimate of drug-likeness (QED) is 0.739. The molecule has 16 heavy (non-hydrogen) atoms. The van der Waals surface area contributed by atoms with Crippen molar-refractivity contribution in [2.24, 2.45) is 5.92 Å². The largest absolute Gasteiger partial charge is 0.387 e. The number of aliphatic hydroxyl groups is 1. The lowest BCUT2D eigenvalue weighted by Crippen LogP contribution is -2.39. The van der Waals surface area contributed by atoms with Gasteiger partial charge in [0.25, 0.3) is 0 Å². The first-order chi connectivity index (χ1) is 7.66. The molecule has 1 rings (SSSR count). The molecule has 0 fully saturated rings. The third-order valence-corrected chi connectivity index (χ3v) is 2.64. The van der Waals surface area contributed by atoms with E-state index in [1.54, 1.807) is 0 Å². The van der Waals surface area contributed by atoms with Gasteiger partial charge in [-0.05, 0) is 11.5 Å². The van der Waals surface area contributed by atoms with Crippen LogP contribution in [0.4, 0.5) is 0 Å². The Labute approximate surface area is 97.7 Å². The second kappa shape index (κ2) is 6.32. The number of aliphatic hydroxyl groups excluding tert-OH is 1. The fraction of sp³-hybridized carbons (Fsp3) is 0.429. The summed E-state index contributed by atoms with van der Waals surface area (Å²) in [7, 11) is 0. The smallest absolute Gasteiger partial charge is 0.0945 e. The number of hydrogen-bond donors (Lipinski definition) is 2. The predicted molar refractivity (Wildman–Crippen MR) is 66.9 cm³/mol. The van der Waals surface area contributed by atoms with Gasteiger partial charge in [0.15, 0.2) is 0 Å². The van der Waals surface area contributed by atoms with E-state index in [1.165, 1.54) is 0 Å². The lowest BCUT2D eigenvalue weighted by molar-refractivity contribution is 0.108. The van der Waals surface area contributed by atoms with Crippen LogP contribution in [0.25, 0.3) is 0 Å². The highest BCUT2D eigenvalue weighted by molar-refractivity contribution is 5.19. The third kappa shape index (κ3) is 3.37. The molecule has 1 aromatic carbocycles. The zero-order valence-corrected chi connectivity index (χ0v) is 9.85. The van der Waals surface area contributed by atoms with Crippen LogP contribution < -0.4 is 5.32 Å². The Morgan fingerprint density at radius 1 is 1.31 bits per heavy atom. The Kier molecular flexibility index (Phi) is 5.04. The number of rotatable bonds is 5. The molecule has 0 aliphatic carbocycles. The molecule has 0 unspecified atom stereocenters. The predicted octanol–water partition coefficient (Wildman–Crippen LogP) is 1.97. The van der Waals surface area contributed by atoms with Crippen molar-refractivity contribution in [3.05, 3.63) is 35.9 Å². The molecule has 0 saturated carbocycles. The molecule has 0 spiro atoms. The molecule has 0 aromatic heterocycles. The Morgan fingerprint density at radius 2 is 1.94 bits per heavy atom.